The van der Waals surface area contributed by atoms with Gasteiger partial charge in [-0.2, -0.15) is 0 Å². The lowest BCUT2D eigenvalue weighted by Crippen LogP contribution is -2.29. The molecule has 0 aromatic heterocycles. The highest BCUT2D eigenvalue weighted by molar-refractivity contribution is 6.43. The Labute approximate surface area is 131 Å². The number of nitrogens with one attached hydrogen (secondary N) is 2. The lowest BCUT2D eigenvalue weighted by Gasteiger charge is -2.09. The first kappa shape index (κ1) is 16.2. The molecule has 7 heteroatoms. The number of esters is 1. The van der Waals surface area contributed by atoms with Gasteiger partial charge < -0.3 is 15.4 Å². The molecule has 0 atom stereocenters. The Hall–Kier alpha value is -3.22. The highest BCUT2D eigenvalue weighted by atomic mass is 19.1. The number of hydrogen-bond donors (Lipinski definition) is 2. The summed E-state index contributed by atoms with van der Waals surface area (Å²) in [6.07, 6.45) is 0. The molecule has 2 aromatic carbocycles. The molecule has 0 spiro atoms. The van der Waals surface area contributed by atoms with E-state index in [9.17, 15) is 18.8 Å². The van der Waals surface area contributed by atoms with Crippen molar-refractivity contribution in [1.29, 1.82) is 0 Å². The molecule has 0 unspecified atom stereocenters. The Kier molecular flexibility index (Phi) is 5.03. The second kappa shape index (κ2) is 7.17. The Bertz CT molecular complexity index is 761. The zero-order chi connectivity index (χ0) is 16.8. The standard InChI is InChI=1S/C16H13FN2O4/c1-23-16(22)12-7-2-3-8-13(12)19-15(21)14(20)18-11-6-4-5-10(17)9-11/h2-9H,1H3,(H,18,20)(H,19,21). The first-order valence-corrected chi connectivity index (χ1v) is 6.56. The minimum atomic E-state index is -0.995. The van der Waals surface area contributed by atoms with Crippen molar-refractivity contribution >= 4 is 29.2 Å². The van der Waals surface area contributed by atoms with Crippen molar-refractivity contribution in [2.45, 2.75) is 0 Å². The van der Waals surface area contributed by atoms with Crippen molar-refractivity contribution in [3.63, 3.8) is 0 Å². The largest absolute Gasteiger partial charge is 0.465 e. The summed E-state index contributed by atoms with van der Waals surface area (Å²) in [6, 6.07) is 11.2. The van der Waals surface area contributed by atoms with Crippen LogP contribution in [0, 0.1) is 5.82 Å². The van der Waals surface area contributed by atoms with Crippen LogP contribution in [-0.4, -0.2) is 24.9 Å². The van der Waals surface area contributed by atoms with Crippen molar-refractivity contribution in [3.8, 4) is 0 Å². The molecular weight excluding hydrogens is 303 g/mol. The van der Waals surface area contributed by atoms with E-state index in [0.717, 1.165) is 6.07 Å². The highest BCUT2D eigenvalue weighted by Gasteiger charge is 2.18. The molecule has 0 aliphatic heterocycles. The maximum Gasteiger partial charge on any atom is 0.339 e. The molecule has 0 saturated carbocycles. The fourth-order valence-electron chi connectivity index (χ4n) is 1.81. The van der Waals surface area contributed by atoms with Crippen LogP contribution in [0.2, 0.25) is 0 Å². The number of amides is 2. The van der Waals surface area contributed by atoms with E-state index in [2.05, 4.69) is 15.4 Å². The first-order valence-electron chi connectivity index (χ1n) is 6.56. The van der Waals surface area contributed by atoms with E-state index < -0.39 is 23.6 Å². The van der Waals surface area contributed by atoms with Gasteiger partial charge in [0.1, 0.15) is 5.82 Å². The molecule has 23 heavy (non-hydrogen) atoms. The Morgan fingerprint density at radius 3 is 2.35 bits per heavy atom. The molecule has 0 bridgehead atoms. The van der Waals surface area contributed by atoms with Crippen LogP contribution in [0.3, 0.4) is 0 Å². The van der Waals surface area contributed by atoms with E-state index in [4.69, 9.17) is 0 Å². The third kappa shape index (κ3) is 4.13. The van der Waals surface area contributed by atoms with Gasteiger partial charge in [0.05, 0.1) is 18.4 Å². The number of carbonyl (C=O) groups is 3. The van der Waals surface area contributed by atoms with E-state index in [-0.39, 0.29) is 16.9 Å². The number of carbonyl (C=O) groups excluding carboxylic acids is 3. The monoisotopic (exact) mass is 316 g/mol. The van der Waals surface area contributed by atoms with Crippen LogP contribution < -0.4 is 10.6 Å². The number of hydrogen-bond acceptors (Lipinski definition) is 4. The van der Waals surface area contributed by atoms with Gasteiger partial charge in [0.2, 0.25) is 0 Å². The van der Waals surface area contributed by atoms with Gasteiger partial charge in [-0.1, -0.05) is 18.2 Å². The maximum atomic E-state index is 13.0. The lowest BCUT2D eigenvalue weighted by molar-refractivity contribution is -0.133. The van der Waals surface area contributed by atoms with Gasteiger partial charge >= 0.3 is 17.8 Å². The van der Waals surface area contributed by atoms with Crippen LogP contribution in [-0.2, 0) is 14.3 Å². The van der Waals surface area contributed by atoms with E-state index in [0.29, 0.717) is 0 Å². The van der Waals surface area contributed by atoms with E-state index in [1.807, 2.05) is 0 Å². The summed E-state index contributed by atoms with van der Waals surface area (Å²) in [4.78, 5) is 35.3. The highest BCUT2D eigenvalue weighted by Crippen LogP contribution is 2.16. The minimum Gasteiger partial charge on any atom is -0.465 e. The normalized spacial score (nSPS) is 9.83. The zero-order valence-corrected chi connectivity index (χ0v) is 12.1. The average molecular weight is 316 g/mol. The van der Waals surface area contributed by atoms with Crippen LogP contribution in [0.5, 0.6) is 0 Å². The number of halogens is 1. The maximum absolute atomic E-state index is 13.0. The average Bonchev–Trinajstić information content (AvgIpc) is 2.54. The molecule has 0 radical (unpaired) electrons. The molecule has 6 nitrogen and oxygen atoms in total. The molecule has 2 N–H and O–H groups in total. The zero-order valence-electron chi connectivity index (χ0n) is 12.1. The molecule has 0 aliphatic carbocycles. The molecule has 0 aliphatic rings. The number of anilines is 2. The van der Waals surface area contributed by atoms with Crippen LogP contribution in [0.25, 0.3) is 0 Å². The summed E-state index contributed by atoms with van der Waals surface area (Å²) in [5.74, 6) is -3.17. The van der Waals surface area contributed by atoms with Crippen LogP contribution >= 0.6 is 0 Å². The fourth-order valence-corrected chi connectivity index (χ4v) is 1.81. The predicted molar refractivity (Wildman–Crippen MR) is 81.4 cm³/mol. The molecule has 0 saturated heterocycles. The number of para-hydroxylation sites is 1. The summed E-state index contributed by atoms with van der Waals surface area (Å²) >= 11 is 0. The van der Waals surface area contributed by atoms with Crippen molar-refractivity contribution in [2.75, 3.05) is 17.7 Å². The summed E-state index contributed by atoms with van der Waals surface area (Å²) < 4.78 is 17.6. The van der Waals surface area contributed by atoms with Crippen molar-refractivity contribution in [1.82, 2.24) is 0 Å². The Morgan fingerprint density at radius 1 is 0.957 bits per heavy atom. The molecule has 0 heterocycles. The Morgan fingerprint density at radius 2 is 1.65 bits per heavy atom. The van der Waals surface area contributed by atoms with Gasteiger partial charge in [0, 0.05) is 5.69 Å². The summed E-state index contributed by atoms with van der Waals surface area (Å²) in [6.45, 7) is 0. The van der Waals surface area contributed by atoms with Crippen molar-refractivity contribution < 1.29 is 23.5 Å². The number of rotatable bonds is 3. The van der Waals surface area contributed by atoms with Gasteiger partial charge in [0.15, 0.2) is 0 Å². The second-order valence-corrected chi connectivity index (χ2v) is 4.46. The topological polar surface area (TPSA) is 84.5 Å². The number of ether oxygens (including phenoxy) is 1. The number of methoxy groups -OCH3 is 1. The lowest BCUT2D eigenvalue weighted by atomic mass is 10.2. The van der Waals surface area contributed by atoms with Crippen LogP contribution in [0.1, 0.15) is 10.4 Å². The molecule has 2 amide bonds. The van der Waals surface area contributed by atoms with E-state index >= 15 is 0 Å². The van der Waals surface area contributed by atoms with Crippen molar-refractivity contribution in [3.05, 3.63) is 59.9 Å². The predicted octanol–water partition coefficient (Wildman–Crippen LogP) is 2.19. The van der Waals surface area contributed by atoms with E-state index in [1.54, 1.807) is 12.1 Å². The van der Waals surface area contributed by atoms with Gasteiger partial charge in [-0.3, -0.25) is 9.59 Å². The van der Waals surface area contributed by atoms with Crippen LogP contribution in [0.15, 0.2) is 48.5 Å². The first-order chi connectivity index (χ1) is 11.0. The quantitative estimate of drug-likeness (QED) is 0.671. The summed E-state index contributed by atoms with van der Waals surface area (Å²) in [5, 5.41) is 4.57. The molecule has 2 rings (SSSR count). The summed E-state index contributed by atoms with van der Waals surface area (Å²) in [5.41, 5.74) is 0.395. The van der Waals surface area contributed by atoms with E-state index in [1.165, 1.54) is 37.4 Å². The number of benzene rings is 2. The Balaban J connectivity index is 2.10. The molecular formula is C16H13FN2O4. The SMILES string of the molecule is COC(=O)c1ccccc1NC(=O)C(=O)Nc1cccc(F)c1. The molecule has 2 aromatic rings. The fraction of sp³-hybridized carbons (Fsp3) is 0.0625. The second-order valence-electron chi connectivity index (χ2n) is 4.46. The van der Waals surface area contributed by atoms with Crippen LogP contribution in [0.4, 0.5) is 15.8 Å². The smallest absolute Gasteiger partial charge is 0.339 e. The van der Waals surface area contributed by atoms with Gasteiger partial charge in [-0.15, -0.1) is 0 Å². The minimum absolute atomic E-state index is 0.113. The summed E-state index contributed by atoms with van der Waals surface area (Å²) in [7, 11) is 1.21. The third-order valence-corrected chi connectivity index (χ3v) is 2.87. The van der Waals surface area contributed by atoms with Crippen molar-refractivity contribution in [2.24, 2.45) is 0 Å². The molecule has 0 fully saturated rings. The molecule has 118 valence electrons. The third-order valence-electron chi connectivity index (χ3n) is 2.87. The van der Waals surface area contributed by atoms with Gasteiger partial charge in [0.25, 0.3) is 0 Å². The van der Waals surface area contributed by atoms with Gasteiger partial charge in [-0.05, 0) is 30.3 Å². The van der Waals surface area contributed by atoms with Gasteiger partial charge in [-0.25, -0.2) is 9.18 Å².